The van der Waals surface area contributed by atoms with Crippen molar-refractivity contribution in [1.82, 2.24) is 9.78 Å². The van der Waals surface area contributed by atoms with Crippen LogP contribution in [-0.4, -0.2) is 44.2 Å². The van der Waals surface area contributed by atoms with E-state index in [1.165, 1.54) is 36.8 Å². The Labute approximate surface area is 130 Å². The molecule has 7 nitrogen and oxygen atoms in total. The molecule has 1 saturated carbocycles. The third-order valence-electron chi connectivity index (χ3n) is 3.15. The number of aliphatic carboxylic acids is 2. The van der Waals surface area contributed by atoms with Gasteiger partial charge in [0.2, 0.25) is 0 Å². The Morgan fingerprint density at radius 3 is 2.30 bits per heavy atom. The van der Waals surface area contributed by atoms with Crippen LogP contribution in [0.1, 0.15) is 32.1 Å². The van der Waals surface area contributed by atoms with Crippen molar-refractivity contribution in [3.05, 3.63) is 12.4 Å². The van der Waals surface area contributed by atoms with Crippen LogP contribution in [-0.2, 0) is 16.1 Å². The Hall–Kier alpha value is -2.26. The summed E-state index contributed by atoms with van der Waals surface area (Å²) in [7, 11) is 0. The van der Waals surface area contributed by atoms with E-state index in [0.717, 1.165) is 5.69 Å². The first-order valence-electron chi connectivity index (χ1n) is 6.99. The predicted octanol–water partition coefficient (Wildman–Crippen LogP) is 2.35. The summed E-state index contributed by atoms with van der Waals surface area (Å²) in [4.78, 5) is 19.4. The second-order valence-corrected chi connectivity index (χ2v) is 5.10. The van der Waals surface area contributed by atoms with Crippen molar-refractivity contribution in [2.75, 3.05) is 5.32 Å². The maximum atomic E-state index is 10.6. The number of carboxylic acid groups (broad SMARTS) is 2. The van der Waals surface area contributed by atoms with Crippen LogP contribution in [0.25, 0.3) is 0 Å². The number of halogens is 3. The molecule has 0 amide bonds. The second-order valence-electron chi connectivity index (χ2n) is 5.10. The van der Waals surface area contributed by atoms with Gasteiger partial charge < -0.3 is 15.5 Å². The summed E-state index contributed by atoms with van der Waals surface area (Å²) in [6.45, 7) is -0.0770. The summed E-state index contributed by atoms with van der Waals surface area (Å²) in [5, 5.41) is 23.1. The summed E-state index contributed by atoms with van der Waals surface area (Å²) in [6.07, 6.45) is 4.65. The number of aromatic nitrogens is 2. The quantitative estimate of drug-likeness (QED) is 0.779. The minimum absolute atomic E-state index is 0.0770. The van der Waals surface area contributed by atoms with Crippen LogP contribution in [0.3, 0.4) is 0 Å². The fourth-order valence-electron chi connectivity index (χ4n) is 2.15. The summed E-state index contributed by atoms with van der Waals surface area (Å²) in [6, 6.07) is 0.524. The lowest BCUT2D eigenvalue weighted by Gasteiger charge is -2.22. The van der Waals surface area contributed by atoms with Gasteiger partial charge in [0, 0.05) is 12.2 Å². The first-order valence-corrected chi connectivity index (χ1v) is 6.99. The molecule has 0 spiro atoms. The predicted molar refractivity (Wildman–Crippen MR) is 74.0 cm³/mol. The molecule has 1 aromatic rings. The number of carbonyl (C=O) groups is 2. The van der Waals surface area contributed by atoms with Gasteiger partial charge in [-0.3, -0.25) is 9.48 Å². The molecule has 130 valence electrons. The third-order valence-corrected chi connectivity index (χ3v) is 3.15. The number of alkyl halides is 3. The Kier molecular flexibility index (Phi) is 6.86. The highest BCUT2D eigenvalue weighted by Crippen LogP contribution is 2.21. The molecule has 0 aromatic carbocycles. The SMILES string of the molecule is O=C(O)C(F)(F)F.O=C(O)Cn1cc(NC2CCCCC2)cn1. The molecule has 1 aliphatic carbocycles. The second kappa shape index (κ2) is 8.39. The zero-order valence-electron chi connectivity index (χ0n) is 12.2. The molecule has 1 heterocycles. The van der Waals surface area contributed by atoms with Crippen molar-refractivity contribution in [2.45, 2.75) is 50.9 Å². The van der Waals surface area contributed by atoms with Gasteiger partial charge >= 0.3 is 18.1 Å². The van der Waals surface area contributed by atoms with Crippen LogP contribution in [0.5, 0.6) is 0 Å². The zero-order chi connectivity index (χ0) is 17.5. The highest BCUT2D eigenvalue weighted by Gasteiger charge is 2.38. The van der Waals surface area contributed by atoms with Crippen molar-refractivity contribution in [3.63, 3.8) is 0 Å². The summed E-state index contributed by atoms with van der Waals surface area (Å²) in [5.74, 6) is -3.63. The molecule has 1 fully saturated rings. The van der Waals surface area contributed by atoms with E-state index in [-0.39, 0.29) is 6.54 Å². The van der Waals surface area contributed by atoms with E-state index in [0.29, 0.717) is 6.04 Å². The van der Waals surface area contributed by atoms with Gasteiger partial charge in [-0.2, -0.15) is 18.3 Å². The number of nitrogens with zero attached hydrogens (tertiary/aromatic N) is 2. The Morgan fingerprint density at radius 2 is 1.83 bits per heavy atom. The van der Waals surface area contributed by atoms with Gasteiger partial charge in [-0.05, 0) is 12.8 Å². The summed E-state index contributed by atoms with van der Waals surface area (Å²) in [5.41, 5.74) is 0.924. The van der Waals surface area contributed by atoms with Gasteiger partial charge in [0.15, 0.2) is 0 Å². The molecule has 1 aromatic heterocycles. The van der Waals surface area contributed by atoms with E-state index in [1.54, 1.807) is 12.4 Å². The van der Waals surface area contributed by atoms with Gasteiger partial charge in [-0.15, -0.1) is 0 Å². The van der Waals surface area contributed by atoms with Crippen LogP contribution >= 0.6 is 0 Å². The van der Waals surface area contributed by atoms with Crippen LogP contribution in [0, 0.1) is 0 Å². The number of anilines is 1. The average Bonchev–Trinajstić information content (AvgIpc) is 2.86. The highest BCUT2D eigenvalue weighted by molar-refractivity contribution is 5.73. The van der Waals surface area contributed by atoms with Crippen LogP contribution in [0.15, 0.2) is 12.4 Å². The first kappa shape index (κ1) is 18.8. The van der Waals surface area contributed by atoms with Gasteiger partial charge in [0.05, 0.1) is 11.9 Å². The van der Waals surface area contributed by atoms with Gasteiger partial charge in [-0.25, -0.2) is 4.79 Å². The molecule has 0 bridgehead atoms. The number of nitrogens with one attached hydrogen (secondary N) is 1. The normalized spacial score (nSPS) is 15.4. The molecule has 0 radical (unpaired) electrons. The van der Waals surface area contributed by atoms with E-state index in [2.05, 4.69) is 10.4 Å². The van der Waals surface area contributed by atoms with Crippen molar-refractivity contribution >= 4 is 17.6 Å². The smallest absolute Gasteiger partial charge is 0.480 e. The van der Waals surface area contributed by atoms with Crippen molar-refractivity contribution < 1.29 is 33.0 Å². The minimum atomic E-state index is -5.08. The number of hydrogen-bond acceptors (Lipinski definition) is 4. The Morgan fingerprint density at radius 1 is 1.26 bits per heavy atom. The topological polar surface area (TPSA) is 104 Å². The zero-order valence-corrected chi connectivity index (χ0v) is 12.2. The molecule has 0 saturated heterocycles. The Balaban J connectivity index is 0.000000322. The molecule has 1 aliphatic rings. The molecule has 23 heavy (non-hydrogen) atoms. The first-order chi connectivity index (χ1) is 10.7. The van der Waals surface area contributed by atoms with Crippen LogP contribution < -0.4 is 5.32 Å². The molecule has 3 N–H and O–H groups in total. The molecule has 10 heteroatoms. The standard InChI is InChI=1S/C11H17N3O2.C2HF3O2/c15-11(16)8-14-7-10(6-12-14)13-9-4-2-1-3-5-9;3-2(4,5)1(6)7/h6-7,9,13H,1-5,8H2,(H,15,16);(H,6,7). The van der Waals surface area contributed by atoms with E-state index < -0.39 is 18.1 Å². The molecule has 0 unspecified atom stereocenters. The van der Waals surface area contributed by atoms with Crippen LogP contribution in [0.4, 0.5) is 18.9 Å². The molecule has 2 rings (SSSR count). The summed E-state index contributed by atoms with van der Waals surface area (Å²) >= 11 is 0. The van der Waals surface area contributed by atoms with Crippen molar-refractivity contribution in [2.24, 2.45) is 0 Å². The lowest BCUT2D eigenvalue weighted by atomic mass is 9.95. The number of hydrogen-bond donors (Lipinski definition) is 3. The molecule has 0 aliphatic heterocycles. The third kappa shape index (κ3) is 7.52. The van der Waals surface area contributed by atoms with Gasteiger partial charge in [-0.1, -0.05) is 19.3 Å². The fraction of sp³-hybridized carbons (Fsp3) is 0.615. The lowest BCUT2D eigenvalue weighted by molar-refractivity contribution is -0.192. The minimum Gasteiger partial charge on any atom is -0.480 e. The van der Waals surface area contributed by atoms with E-state index in [9.17, 15) is 18.0 Å². The molecular weight excluding hydrogens is 319 g/mol. The maximum Gasteiger partial charge on any atom is 0.490 e. The number of carboxylic acids is 2. The molecular formula is C13H18F3N3O4. The monoisotopic (exact) mass is 337 g/mol. The van der Waals surface area contributed by atoms with E-state index in [1.807, 2.05) is 0 Å². The van der Waals surface area contributed by atoms with Crippen molar-refractivity contribution in [1.29, 1.82) is 0 Å². The van der Waals surface area contributed by atoms with Gasteiger partial charge in [0.25, 0.3) is 0 Å². The van der Waals surface area contributed by atoms with Crippen LogP contribution in [0.2, 0.25) is 0 Å². The fourth-order valence-corrected chi connectivity index (χ4v) is 2.15. The maximum absolute atomic E-state index is 10.6. The van der Waals surface area contributed by atoms with Crippen molar-refractivity contribution in [3.8, 4) is 0 Å². The largest absolute Gasteiger partial charge is 0.490 e. The lowest BCUT2D eigenvalue weighted by Crippen LogP contribution is -2.21. The average molecular weight is 337 g/mol. The Bertz CT molecular complexity index is 525. The van der Waals surface area contributed by atoms with Gasteiger partial charge in [0.1, 0.15) is 6.54 Å². The number of rotatable bonds is 4. The van der Waals surface area contributed by atoms with E-state index >= 15 is 0 Å². The molecule has 0 atom stereocenters. The summed E-state index contributed by atoms with van der Waals surface area (Å²) < 4.78 is 33.2. The van der Waals surface area contributed by atoms with E-state index in [4.69, 9.17) is 15.0 Å². The highest BCUT2D eigenvalue weighted by atomic mass is 19.4.